The number of benzene rings is 2. The Balaban J connectivity index is 1.89. The number of thiazole rings is 1. The van der Waals surface area contributed by atoms with Crippen molar-refractivity contribution in [3.05, 3.63) is 41.5 Å². The maximum absolute atomic E-state index is 12.6. The van der Waals surface area contributed by atoms with Gasteiger partial charge in [-0.3, -0.25) is 4.79 Å². The zero-order valence-corrected chi connectivity index (χ0v) is 16.0. The molecule has 1 N–H and O–H groups in total. The lowest BCUT2D eigenvalue weighted by atomic mass is 10.1. The molecule has 2 aromatic carbocycles. The number of hydrogen-bond donors (Lipinski definition) is 1. The molecule has 130 valence electrons. The number of carbonyl (C=O) groups excluding carboxylic acids is 1. The molecule has 0 aliphatic carbocycles. The molecule has 3 aromatic rings. The molecule has 0 spiro atoms. The van der Waals surface area contributed by atoms with Gasteiger partial charge in [-0.1, -0.05) is 11.8 Å². The largest absolute Gasteiger partial charge is 0.496 e. The van der Waals surface area contributed by atoms with Crippen LogP contribution in [0.5, 0.6) is 11.5 Å². The van der Waals surface area contributed by atoms with E-state index in [0.29, 0.717) is 17.1 Å². The Morgan fingerprint density at radius 2 is 1.84 bits per heavy atom. The average molecular weight is 374 g/mol. The SMILES string of the molecule is COc1cc(C(=O)Nc2ccc3nc(SC)sc3c2)cc(OC)c1C. The Bertz CT molecular complexity index is 912. The summed E-state index contributed by atoms with van der Waals surface area (Å²) in [6.07, 6.45) is 2.00. The first-order chi connectivity index (χ1) is 12.0. The van der Waals surface area contributed by atoms with Gasteiger partial charge in [0.05, 0.1) is 24.4 Å². The molecule has 7 heteroatoms. The number of rotatable bonds is 5. The molecule has 0 saturated heterocycles. The summed E-state index contributed by atoms with van der Waals surface area (Å²) in [6.45, 7) is 1.89. The number of aromatic nitrogens is 1. The third kappa shape index (κ3) is 3.57. The summed E-state index contributed by atoms with van der Waals surface area (Å²) in [5, 5.41) is 2.92. The second-order valence-electron chi connectivity index (χ2n) is 5.33. The third-order valence-corrected chi connectivity index (χ3v) is 5.82. The fourth-order valence-corrected chi connectivity index (χ4v) is 4.02. The smallest absolute Gasteiger partial charge is 0.255 e. The predicted octanol–water partition coefficient (Wildman–Crippen LogP) is 4.60. The zero-order valence-electron chi connectivity index (χ0n) is 14.4. The van der Waals surface area contributed by atoms with Gasteiger partial charge < -0.3 is 14.8 Å². The molecule has 1 heterocycles. The summed E-state index contributed by atoms with van der Waals surface area (Å²) in [5.74, 6) is 1.02. The number of anilines is 1. The van der Waals surface area contributed by atoms with Gasteiger partial charge in [0.25, 0.3) is 5.91 Å². The lowest BCUT2D eigenvalue weighted by Gasteiger charge is -2.12. The number of nitrogens with one attached hydrogen (secondary N) is 1. The highest BCUT2D eigenvalue weighted by atomic mass is 32.2. The summed E-state index contributed by atoms with van der Waals surface area (Å²) in [6, 6.07) is 9.13. The minimum Gasteiger partial charge on any atom is -0.496 e. The average Bonchev–Trinajstić information content (AvgIpc) is 3.04. The number of methoxy groups -OCH3 is 2. The predicted molar refractivity (Wildman–Crippen MR) is 104 cm³/mol. The maximum Gasteiger partial charge on any atom is 0.255 e. The number of ether oxygens (including phenoxy) is 2. The van der Waals surface area contributed by atoms with Gasteiger partial charge in [-0.15, -0.1) is 11.3 Å². The van der Waals surface area contributed by atoms with Crippen LogP contribution in [0.25, 0.3) is 10.2 Å². The number of thioether (sulfide) groups is 1. The van der Waals surface area contributed by atoms with E-state index in [4.69, 9.17) is 9.47 Å². The fraction of sp³-hybridized carbons (Fsp3) is 0.222. The number of carbonyl (C=O) groups is 1. The Morgan fingerprint density at radius 3 is 2.44 bits per heavy atom. The molecule has 0 aliphatic heterocycles. The van der Waals surface area contributed by atoms with Crippen molar-refractivity contribution in [3.63, 3.8) is 0 Å². The van der Waals surface area contributed by atoms with Crippen LogP contribution in [0.1, 0.15) is 15.9 Å². The molecule has 0 radical (unpaired) electrons. The zero-order chi connectivity index (χ0) is 18.0. The number of hydrogen-bond acceptors (Lipinski definition) is 6. The lowest BCUT2D eigenvalue weighted by Crippen LogP contribution is -2.12. The van der Waals surface area contributed by atoms with Crippen molar-refractivity contribution in [2.24, 2.45) is 0 Å². The van der Waals surface area contributed by atoms with Crippen LogP contribution in [0, 0.1) is 6.92 Å². The van der Waals surface area contributed by atoms with E-state index in [1.807, 2.05) is 31.4 Å². The molecule has 0 atom stereocenters. The Labute approximate surface area is 154 Å². The van der Waals surface area contributed by atoms with E-state index in [9.17, 15) is 4.79 Å². The van der Waals surface area contributed by atoms with Crippen molar-refractivity contribution in [2.75, 3.05) is 25.8 Å². The summed E-state index contributed by atoms with van der Waals surface area (Å²) < 4.78 is 12.7. The van der Waals surface area contributed by atoms with Gasteiger partial charge in [0.15, 0.2) is 4.34 Å². The van der Waals surface area contributed by atoms with Crippen molar-refractivity contribution >= 4 is 44.9 Å². The van der Waals surface area contributed by atoms with Gasteiger partial charge in [-0.25, -0.2) is 4.98 Å². The maximum atomic E-state index is 12.6. The van der Waals surface area contributed by atoms with Gasteiger partial charge in [-0.2, -0.15) is 0 Å². The summed E-state index contributed by atoms with van der Waals surface area (Å²) >= 11 is 3.22. The van der Waals surface area contributed by atoms with Crippen LogP contribution in [0.3, 0.4) is 0 Å². The monoisotopic (exact) mass is 374 g/mol. The van der Waals surface area contributed by atoms with Crippen molar-refractivity contribution in [1.82, 2.24) is 4.98 Å². The van der Waals surface area contributed by atoms with Crippen LogP contribution in [0.4, 0.5) is 5.69 Å². The Kier molecular flexibility index (Phi) is 5.15. The molecule has 25 heavy (non-hydrogen) atoms. The van der Waals surface area contributed by atoms with Crippen LogP contribution >= 0.6 is 23.1 Å². The summed E-state index contributed by atoms with van der Waals surface area (Å²) in [5.41, 5.74) is 3.00. The Morgan fingerprint density at radius 1 is 1.16 bits per heavy atom. The van der Waals surface area contributed by atoms with Crippen molar-refractivity contribution in [2.45, 2.75) is 11.3 Å². The third-order valence-electron chi connectivity index (χ3n) is 3.82. The number of nitrogens with zero attached hydrogens (tertiary/aromatic N) is 1. The van der Waals surface area contributed by atoms with Gasteiger partial charge >= 0.3 is 0 Å². The first-order valence-electron chi connectivity index (χ1n) is 7.54. The quantitative estimate of drug-likeness (QED) is 0.662. The van der Waals surface area contributed by atoms with Crippen molar-refractivity contribution in [3.8, 4) is 11.5 Å². The summed E-state index contributed by atoms with van der Waals surface area (Å²) in [7, 11) is 3.15. The van der Waals surface area contributed by atoms with E-state index >= 15 is 0 Å². The van der Waals surface area contributed by atoms with E-state index in [0.717, 1.165) is 25.8 Å². The van der Waals surface area contributed by atoms with Crippen molar-refractivity contribution in [1.29, 1.82) is 0 Å². The van der Waals surface area contributed by atoms with Crippen LogP contribution in [-0.4, -0.2) is 31.4 Å². The lowest BCUT2D eigenvalue weighted by molar-refractivity contribution is 0.102. The molecular formula is C18H18N2O3S2. The molecule has 1 amide bonds. The Hall–Kier alpha value is -2.25. The molecule has 0 saturated carbocycles. The van der Waals surface area contributed by atoms with Crippen LogP contribution in [-0.2, 0) is 0 Å². The normalized spacial score (nSPS) is 10.7. The summed E-state index contributed by atoms with van der Waals surface area (Å²) in [4.78, 5) is 17.1. The minimum atomic E-state index is -0.217. The van der Waals surface area contributed by atoms with E-state index in [2.05, 4.69) is 10.3 Å². The second kappa shape index (κ2) is 7.33. The number of amides is 1. The molecule has 0 bridgehead atoms. The highest BCUT2D eigenvalue weighted by Crippen LogP contribution is 2.31. The van der Waals surface area contributed by atoms with E-state index < -0.39 is 0 Å². The van der Waals surface area contributed by atoms with Gasteiger partial charge in [0, 0.05) is 16.8 Å². The molecule has 0 aliphatic rings. The van der Waals surface area contributed by atoms with Gasteiger partial charge in [0.2, 0.25) is 0 Å². The van der Waals surface area contributed by atoms with Crippen LogP contribution < -0.4 is 14.8 Å². The first-order valence-corrected chi connectivity index (χ1v) is 9.58. The standard InChI is InChI=1S/C18H18N2O3S2/c1-10-14(22-2)7-11(8-15(10)23-3)17(21)19-12-5-6-13-16(9-12)25-18(20-13)24-4/h5-9H,1-4H3,(H,19,21). The van der Waals surface area contributed by atoms with Gasteiger partial charge in [-0.05, 0) is 43.5 Å². The van der Waals surface area contributed by atoms with Crippen LogP contribution in [0.2, 0.25) is 0 Å². The van der Waals surface area contributed by atoms with E-state index in [-0.39, 0.29) is 5.91 Å². The van der Waals surface area contributed by atoms with Crippen LogP contribution in [0.15, 0.2) is 34.7 Å². The highest BCUT2D eigenvalue weighted by Gasteiger charge is 2.14. The van der Waals surface area contributed by atoms with E-state index in [1.54, 1.807) is 49.5 Å². The molecule has 3 rings (SSSR count). The first kappa shape index (κ1) is 17.6. The molecule has 0 unspecified atom stereocenters. The molecule has 5 nitrogen and oxygen atoms in total. The van der Waals surface area contributed by atoms with Gasteiger partial charge in [0.1, 0.15) is 11.5 Å². The molecular weight excluding hydrogens is 356 g/mol. The van der Waals surface area contributed by atoms with Crippen molar-refractivity contribution < 1.29 is 14.3 Å². The molecule has 1 aromatic heterocycles. The molecule has 0 fully saturated rings. The van der Waals surface area contributed by atoms with E-state index in [1.165, 1.54) is 0 Å². The fourth-order valence-electron chi connectivity index (χ4n) is 2.49. The topological polar surface area (TPSA) is 60.5 Å². The number of fused-ring (bicyclic) bond motifs is 1. The minimum absolute atomic E-state index is 0.217. The second-order valence-corrected chi connectivity index (χ2v) is 7.41. The highest BCUT2D eigenvalue weighted by molar-refractivity contribution is 8.00.